The van der Waals surface area contributed by atoms with E-state index in [0.29, 0.717) is 24.5 Å². The zero-order chi connectivity index (χ0) is 18.4. The van der Waals surface area contributed by atoms with E-state index in [9.17, 15) is 4.79 Å². The van der Waals surface area contributed by atoms with Crippen LogP contribution in [0.2, 0.25) is 0 Å². The monoisotopic (exact) mass is 346 g/mol. The SMILES string of the molecule is COc1ccc(NC(=O)/C=C/c2cn(CCC#N)c3ccccc23)cn1. The summed E-state index contributed by atoms with van der Waals surface area (Å²) in [4.78, 5) is 16.2. The molecule has 26 heavy (non-hydrogen) atoms. The van der Waals surface area contributed by atoms with E-state index < -0.39 is 0 Å². The number of amides is 1. The quantitative estimate of drug-likeness (QED) is 0.692. The van der Waals surface area contributed by atoms with E-state index in [4.69, 9.17) is 10.00 Å². The summed E-state index contributed by atoms with van der Waals surface area (Å²) in [6.45, 7) is 0.620. The predicted octanol–water partition coefficient (Wildman–Crippen LogP) is 3.61. The first kappa shape index (κ1) is 17.2. The second kappa shape index (κ2) is 7.99. The molecule has 3 rings (SSSR count). The summed E-state index contributed by atoms with van der Waals surface area (Å²) in [6.07, 6.45) is 7.20. The second-order valence-corrected chi connectivity index (χ2v) is 5.61. The van der Waals surface area contributed by atoms with E-state index in [1.807, 2.05) is 35.0 Å². The zero-order valence-electron chi connectivity index (χ0n) is 14.3. The highest BCUT2D eigenvalue weighted by Gasteiger charge is 2.06. The van der Waals surface area contributed by atoms with Crippen LogP contribution in [0.25, 0.3) is 17.0 Å². The normalized spacial score (nSPS) is 10.8. The number of benzene rings is 1. The summed E-state index contributed by atoms with van der Waals surface area (Å²) in [5, 5.41) is 12.6. The highest BCUT2D eigenvalue weighted by Crippen LogP contribution is 2.23. The molecule has 6 heteroatoms. The molecule has 0 radical (unpaired) electrons. The number of hydrogen-bond acceptors (Lipinski definition) is 4. The number of methoxy groups -OCH3 is 1. The van der Waals surface area contributed by atoms with Crippen LogP contribution in [0.3, 0.4) is 0 Å². The number of pyridine rings is 1. The summed E-state index contributed by atoms with van der Waals surface area (Å²) in [7, 11) is 1.54. The molecule has 0 saturated carbocycles. The fourth-order valence-electron chi connectivity index (χ4n) is 2.69. The van der Waals surface area contributed by atoms with Gasteiger partial charge in [-0.15, -0.1) is 0 Å². The number of fused-ring (bicyclic) bond motifs is 1. The maximum atomic E-state index is 12.1. The number of nitrogens with zero attached hydrogens (tertiary/aromatic N) is 3. The summed E-state index contributed by atoms with van der Waals surface area (Å²) >= 11 is 0. The Balaban J connectivity index is 1.76. The Hall–Kier alpha value is -3.59. The van der Waals surface area contributed by atoms with E-state index in [0.717, 1.165) is 16.5 Å². The topological polar surface area (TPSA) is 79.9 Å². The Morgan fingerprint density at radius 3 is 2.92 bits per heavy atom. The number of ether oxygens (including phenoxy) is 1. The molecular weight excluding hydrogens is 328 g/mol. The van der Waals surface area contributed by atoms with Gasteiger partial charge in [-0.1, -0.05) is 18.2 Å². The van der Waals surface area contributed by atoms with Crippen molar-refractivity contribution < 1.29 is 9.53 Å². The number of aryl methyl sites for hydroxylation is 1. The van der Waals surface area contributed by atoms with E-state index in [1.54, 1.807) is 24.4 Å². The number of carbonyl (C=O) groups excluding carboxylic acids is 1. The number of nitriles is 1. The van der Waals surface area contributed by atoms with Gasteiger partial charge >= 0.3 is 0 Å². The standard InChI is InChI=1S/C20H18N4O2/c1-26-20-10-8-16(13-22-20)23-19(25)9-7-15-14-24(12-4-11-21)18-6-3-2-5-17(15)18/h2-3,5-10,13-14H,4,12H2,1H3,(H,23,25)/b9-7+. The van der Waals surface area contributed by atoms with Gasteiger partial charge in [-0.05, 0) is 18.2 Å². The minimum Gasteiger partial charge on any atom is -0.481 e. The molecule has 0 aliphatic rings. The number of anilines is 1. The van der Waals surface area contributed by atoms with Crippen molar-refractivity contribution >= 4 is 28.6 Å². The fraction of sp³-hybridized carbons (Fsp3) is 0.150. The van der Waals surface area contributed by atoms with Gasteiger partial charge in [0.05, 0.1) is 31.5 Å². The molecule has 2 heterocycles. The molecule has 1 amide bonds. The highest BCUT2D eigenvalue weighted by molar-refractivity contribution is 6.03. The van der Waals surface area contributed by atoms with Crippen LogP contribution >= 0.6 is 0 Å². The Labute approximate surface area is 151 Å². The Bertz CT molecular complexity index is 981. The molecule has 0 aliphatic carbocycles. The van der Waals surface area contributed by atoms with E-state index in [-0.39, 0.29) is 5.91 Å². The smallest absolute Gasteiger partial charge is 0.248 e. The van der Waals surface area contributed by atoms with Crippen molar-refractivity contribution in [2.75, 3.05) is 12.4 Å². The van der Waals surface area contributed by atoms with Crippen LogP contribution in [-0.2, 0) is 11.3 Å². The van der Waals surface area contributed by atoms with Gasteiger partial charge in [0.2, 0.25) is 11.8 Å². The Morgan fingerprint density at radius 1 is 1.35 bits per heavy atom. The molecule has 130 valence electrons. The van der Waals surface area contributed by atoms with Gasteiger partial charge < -0.3 is 14.6 Å². The third kappa shape index (κ3) is 3.90. The van der Waals surface area contributed by atoms with Crippen molar-refractivity contribution in [2.45, 2.75) is 13.0 Å². The molecule has 0 aliphatic heterocycles. The lowest BCUT2D eigenvalue weighted by Gasteiger charge is -2.02. The van der Waals surface area contributed by atoms with Gasteiger partial charge in [0.1, 0.15) is 0 Å². The average molecular weight is 346 g/mol. The van der Waals surface area contributed by atoms with Crippen LogP contribution in [0.15, 0.2) is 54.9 Å². The van der Waals surface area contributed by atoms with Gasteiger partial charge in [0, 0.05) is 41.4 Å². The van der Waals surface area contributed by atoms with Crippen molar-refractivity contribution in [1.82, 2.24) is 9.55 Å². The van der Waals surface area contributed by atoms with Crippen LogP contribution in [0.4, 0.5) is 5.69 Å². The molecule has 1 aromatic carbocycles. The fourth-order valence-corrected chi connectivity index (χ4v) is 2.69. The van der Waals surface area contributed by atoms with E-state index in [1.165, 1.54) is 13.2 Å². The minimum atomic E-state index is -0.245. The summed E-state index contributed by atoms with van der Waals surface area (Å²) in [6, 6.07) is 13.5. The molecule has 2 aromatic heterocycles. The first-order chi connectivity index (χ1) is 12.7. The van der Waals surface area contributed by atoms with Gasteiger partial charge in [0.15, 0.2) is 0 Å². The summed E-state index contributed by atoms with van der Waals surface area (Å²) < 4.78 is 7.02. The first-order valence-corrected chi connectivity index (χ1v) is 8.15. The van der Waals surface area contributed by atoms with Crippen LogP contribution < -0.4 is 10.1 Å². The maximum absolute atomic E-state index is 12.1. The molecule has 0 unspecified atom stereocenters. The maximum Gasteiger partial charge on any atom is 0.248 e. The number of para-hydroxylation sites is 1. The van der Waals surface area contributed by atoms with Gasteiger partial charge in [-0.3, -0.25) is 4.79 Å². The van der Waals surface area contributed by atoms with E-state index in [2.05, 4.69) is 16.4 Å². The molecule has 0 saturated heterocycles. The zero-order valence-corrected chi connectivity index (χ0v) is 14.3. The second-order valence-electron chi connectivity index (χ2n) is 5.61. The van der Waals surface area contributed by atoms with E-state index >= 15 is 0 Å². The van der Waals surface area contributed by atoms with Crippen molar-refractivity contribution in [3.63, 3.8) is 0 Å². The molecule has 0 atom stereocenters. The molecular formula is C20H18N4O2. The van der Waals surface area contributed by atoms with Crippen LogP contribution in [0.5, 0.6) is 5.88 Å². The summed E-state index contributed by atoms with van der Waals surface area (Å²) in [5.74, 6) is 0.245. The largest absolute Gasteiger partial charge is 0.481 e. The van der Waals surface area contributed by atoms with Crippen molar-refractivity contribution in [3.8, 4) is 11.9 Å². The van der Waals surface area contributed by atoms with Gasteiger partial charge in [-0.2, -0.15) is 5.26 Å². The van der Waals surface area contributed by atoms with Gasteiger partial charge in [0.25, 0.3) is 0 Å². The number of nitrogens with one attached hydrogen (secondary N) is 1. The van der Waals surface area contributed by atoms with Crippen LogP contribution in [-0.4, -0.2) is 22.6 Å². The third-order valence-corrected chi connectivity index (χ3v) is 3.91. The molecule has 6 nitrogen and oxygen atoms in total. The number of rotatable bonds is 6. The molecule has 0 fully saturated rings. The number of hydrogen-bond donors (Lipinski definition) is 1. The third-order valence-electron chi connectivity index (χ3n) is 3.91. The van der Waals surface area contributed by atoms with Crippen LogP contribution in [0, 0.1) is 11.3 Å². The first-order valence-electron chi connectivity index (χ1n) is 8.15. The Morgan fingerprint density at radius 2 is 2.19 bits per heavy atom. The Kier molecular flexibility index (Phi) is 5.30. The number of aromatic nitrogens is 2. The minimum absolute atomic E-state index is 0.245. The lowest BCUT2D eigenvalue weighted by Crippen LogP contribution is -2.07. The molecule has 3 aromatic rings. The predicted molar refractivity (Wildman–Crippen MR) is 101 cm³/mol. The van der Waals surface area contributed by atoms with Crippen molar-refractivity contribution in [2.24, 2.45) is 0 Å². The molecule has 0 bridgehead atoms. The highest BCUT2D eigenvalue weighted by atomic mass is 16.5. The molecule has 0 spiro atoms. The summed E-state index contributed by atoms with van der Waals surface area (Å²) in [5.41, 5.74) is 2.57. The van der Waals surface area contributed by atoms with Gasteiger partial charge in [-0.25, -0.2) is 4.98 Å². The van der Waals surface area contributed by atoms with Crippen molar-refractivity contribution in [1.29, 1.82) is 5.26 Å². The van der Waals surface area contributed by atoms with Crippen LogP contribution in [0.1, 0.15) is 12.0 Å². The number of carbonyl (C=O) groups is 1. The molecule has 1 N–H and O–H groups in total. The lowest BCUT2D eigenvalue weighted by molar-refractivity contribution is -0.111. The lowest BCUT2D eigenvalue weighted by atomic mass is 10.1. The average Bonchev–Trinajstić information content (AvgIpc) is 3.03. The van der Waals surface area contributed by atoms with Crippen molar-refractivity contribution in [3.05, 3.63) is 60.4 Å².